The summed E-state index contributed by atoms with van der Waals surface area (Å²) in [6.45, 7) is 4.58. The summed E-state index contributed by atoms with van der Waals surface area (Å²) in [5, 5.41) is 0.713. The maximum absolute atomic E-state index is 13.3. The summed E-state index contributed by atoms with van der Waals surface area (Å²) in [6, 6.07) is 27.6. The highest BCUT2D eigenvalue weighted by Gasteiger charge is 2.25. The number of carbonyl (C=O) groups is 1. The van der Waals surface area contributed by atoms with E-state index in [0.29, 0.717) is 43.5 Å². The minimum atomic E-state index is -0.0823. The summed E-state index contributed by atoms with van der Waals surface area (Å²) in [5.74, 6) is 2.59. The zero-order valence-corrected chi connectivity index (χ0v) is 23.6. The first-order valence-corrected chi connectivity index (χ1v) is 13.8. The maximum atomic E-state index is 13.3. The quantitative estimate of drug-likeness (QED) is 0.233. The molecule has 40 heavy (non-hydrogen) atoms. The van der Waals surface area contributed by atoms with Gasteiger partial charge in [0.1, 0.15) is 17.3 Å². The van der Waals surface area contributed by atoms with Crippen LogP contribution in [0.4, 0.5) is 5.69 Å². The van der Waals surface area contributed by atoms with Gasteiger partial charge in [-0.3, -0.25) is 9.69 Å². The Morgan fingerprint density at radius 2 is 1.65 bits per heavy atom. The zero-order valence-electron chi connectivity index (χ0n) is 22.9. The van der Waals surface area contributed by atoms with Crippen molar-refractivity contribution in [3.63, 3.8) is 0 Å². The number of anilines is 1. The summed E-state index contributed by atoms with van der Waals surface area (Å²) in [4.78, 5) is 19.6. The number of furan rings is 1. The highest BCUT2D eigenvalue weighted by atomic mass is 35.5. The van der Waals surface area contributed by atoms with Gasteiger partial charge in [0.15, 0.2) is 5.76 Å². The Morgan fingerprint density at radius 3 is 2.38 bits per heavy atom. The van der Waals surface area contributed by atoms with Crippen LogP contribution in [0.3, 0.4) is 0 Å². The standard InChI is InChI=1S/C32H34ClN3O4/c1-38-28-11-13-30(39-2)25(19-28)22-34(21-24-7-4-3-5-8-24)23-29-12-14-31(40-29)32(37)36-17-15-35(16-18-36)27-10-6-9-26(33)20-27/h3-14,19-20H,15-18,21-23H2,1-2H3. The van der Waals surface area contributed by atoms with Crippen LogP contribution in [0.15, 0.2) is 89.3 Å². The van der Waals surface area contributed by atoms with Gasteiger partial charge in [0.05, 0.1) is 20.8 Å². The van der Waals surface area contributed by atoms with E-state index >= 15 is 0 Å². The lowest BCUT2D eigenvalue weighted by atomic mass is 10.1. The fraction of sp³-hybridized carbons (Fsp3) is 0.281. The van der Waals surface area contributed by atoms with Gasteiger partial charge in [0, 0.05) is 55.5 Å². The minimum absolute atomic E-state index is 0.0823. The van der Waals surface area contributed by atoms with Crippen molar-refractivity contribution in [3.05, 3.63) is 113 Å². The highest BCUT2D eigenvalue weighted by molar-refractivity contribution is 6.30. The Labute approximate surface area is 240 Å². The molecule has 0 saturated carbocycles. The van der Waals surface area contributed by atoms with Crippen LogP contribution in [-0.4, -0.2) is 56.1 Å². The Hall–Kier alpha value is -3.94. The molecular formula is C32H34ClN3O4. The molecule has 0 atom stereocenters. The van der Waals surface area contributed by atoms with Gasteiger partial charge in [-0.15, -0.1) is 0 Å². The monoisotopic (exact) mass is 559 g/mol. The molecule has 0 bridgehead atoms. The second kappa shape index (κ2) is 12.9. The van der Waals surface area contributed by atoms with Crippen molar-refractivity contribution in [2.45, 2.75) is 19.6 Å². The summed E-state index contributed by atoms with van der Waals surface area (Å²) < 4.78 is 17.2. The van der Waals surface area contributed by atoms with Gasteiger partial charge in [-0.25, -0.2) is 0 Å². The number of halogens is 1. The summed E-state index contributed by atoms with van der Waals surface area (Å²) in [6.07, 6.45) is 0. The number of hydrogen-bond acceptors (Lipinski definition) is 6. The number of piperazine rings is 1. The molecule has 1 aliphatic heterocycles. The molecule has 0 aliphatic carbocycles. The van der Waals surface area contributed by atoms with Gasteiger partial charge in [-0.1, -0.05) is 48.0 Å². The van der Waals surface area contributed by atoms with Crippen molar-refractivity contribution in [3.8, 4) is 11.5 Å². The Morgan fingerprint density at radius 1 is 0.850 bits per heavy atom. The van der Waals surface area contributed by atoms with Gasteiger partial charge in [-0.05, 0) is 54.1 Å². The van der Waals surface area contributed by atoms with Gasteiger partial charge in [0.25, 0.3) is 5.91 Å². The number of benzene rings is 3. The van der Waals surface area contributed by atoms with Gasteiger partial charge >= 0.3 is 0 Å². The lowest BCUT2D eigenvalue weighted by Crippen LogP contribution is -2.48. The number of amides is 1. The topological polar surface area (TPSA) is 58.4 Å². The van der Waals surface area contributed by atoms with Crippen LogP contribution in [0, 0.1) is 0 Å². The van der Waals surface area contributed by atoms with E-state index < -0.39 is 0 Å². The zero-order chi connectivity index (χ0) is 27.9. The van der Waals surface area contributed by atoms with E-state index in [1.165, 1.54) is 5.56 Å². The van der Waals surface area contributed by atoms with Crippen LogP contribution in [0.5, 0.6) is 11.5 Å². The molecule has 1 fully saturated rings. The van der Waals surface area contributed by atoms with Crippen molar-refractivity contribution >= 4 is 23.2 Å². The molecule has 8 heteroatoms. The number of rotatable bonds is 10. The minimum Gasteiger partial charge on any atom is -0.497 e. The maximum Gasteiger partial charge on any atom is 0.289 e. The third-order valence-corrected chi connectivity index (χ3v) is 7.36. The molecule has 1 aliphatic rings. The first-order chi connectivity index (χ1) is 19.5. The number of carbonyl (C=O) groups excluding carboxylic acids is 1. The molecule has 7 nitrogen and oxygen atoms in total. The molecule has 3 aromatic carbocycles. The average molecular weight is 560 g/mol. The molecule has 1 saturated heterocycles. The third kappa shape index (κ3) is 6.79. The van der Waals surface area contributed by atoms with E-state index in [1.54, 1.807) is 20.3 Å². The smallest absolute Gasteiger partial charge is 0.289 e. The molecule has 0 spiro atoms. The lowest BCUT2D eigenvalue weighted by molar-refractivity contribution is 0.0710. The Kier molecular flexibility index (Phi) is 8.94. The third-order valence-electron chi connectivity index (χ3n) is 7.12. The van der Waals surface area contributed by atoms with E-state index in [9.17, 15) is 4.79 Å². The van der Waals surface area contributed by atoms with E-state index in [0.717, 1.165) is 41.6 Å². The summed E-state index contributed by atoms with van der Waals surface area (Å²) in [7, 11) is 3.33. The van der Waals surface area contributed by atoms with Crippen LogP contribution in [0.25, 0.3) is 0 Å². The molecule has 0 unspecified atom stereocenters. The molecule has 2 heterocycles. The second-order valence-corrected chi connectivity index (χ2v) is 10.3. The van der Waals surface area contributed by atoms with E-state index in [2.05, 4.69) is 21.9 Å². The van der Waals surface area contributed by atoms with Crippen LogP contribution < -0.4 is 14.4 Å². The summed E-state index contributed by atoms with van der Waals surface area (Å²) >= 11 is 6.16. The van der Waals surface area contributed by atoms with Crippen LogP contribution in [0.2, 0.25) is 5.02 Å². The second-order valence-electron chi connectivity index (χ2n) is 9.83. The SMILES string of the molecule is COc1ccc(OC)c(CN(Cc2ccccc2)Cc2ccc(C(=O)N3CCN(c4cccc(Cl)c4)CC3)o2)c1. The normalized spacial score (nSPS) is 13.5. The lowest BCUT2D eigenvalue weighted by Gasteiger charge is -2.35. The van der Waals surface area contributed by atoms with Gasteiger partial charge in [0.2, 0.25) is 0 Å². The van der Waals surface area contributed by atoms with Gasteiger partial charge in [-0.2, -0.15) is 0 Å². The number of methoxy groups -OCH3 is 2. The molecule has 1 aromatic heterocycles. The summed E-state index contributed by atoms with van der Waals surface area (Å²) in [5.41, 5.74) is 3.27. The van der Waals surface area contributed by atoms with Crippen molar-refractivity contribution in [2.24, 2.45) is 0 Å². The van der Waals surface area contributed by atoms with Gasteiger partial charge < -0.3 is 23.7 Å². The Balaban J connectivity index is 1.27. The van der Waals surface area contributed by atoms with E-state index in [-0.39, 0.29) is 5.91 Å². The van der Waals surface area contributed by atoms with Crippen LogP contribution in [0.1, 0.15) is 27.4 Å². The number of nitrogens with zero attached hydrogens (tertiary/aromatic N) is 3. The fourth-order valence-electron chi connectivity index (χ4n) is 5.05. The first kappa shape index (κ1) is 27.6. The molecular weight excluding hydrogens is 526 g/mol. The molecule has 1 amide bonds. The predicted molar refractivity (Wildman–Crippen MR) is 157 cm³/mol. The Bertz CT molecular complexity index is 1420. The molecule has 0 radical (unpaired) electrons. The van der Waals surface area contributed by atoms with Crippen molar-refractivity contribution < 1.29 is 18.7 Å². The van der Waals surface area contributed by atoms with Crippen LogP contribution in [-0.2, 0) is 19.6 Å². The molecule has 208 valence electrons. The number of hydrogen-bond donors (Lipinski definition) is 0. The van der Waals surface area contributed by atoms with E-state index in [4.69, 9.17) is 25.5 Å². The predicted octanol–water partition coefficient (Wildman–Crippen LogP) is 6.12. The fourth-order valence-corrected chi connectivity index (χ4v) is 5.23. The molecule has 0 N–H and O–H groups in total. The average Bonchev–Trinajstić information content (AvgIpc) is 3.45. The van der Waals surface area contributed by atoms with E-state index in [1.807, 2.05) is 71.6 Å². The van der Waals surface area contributed by atoms with Crippen molar-refractivity contribution in [2.75, 3.05) is 45.3 Å². The molecule has 4 aromatic rings. The van der Waals surface area contributed by atoms with Crippen molar-refractivity contribution in [1.82, 2.24) is 9.80 Å². The largest absolute Gasteiger partial charge is 0.497 e. The highest BCUT2D eigenvalue weighted by Crippen LogP contribution is 2.27. The first-order valence-electron chi connectivity index (χ1n) is 13.4. The number of ether oxygens (including phenoxy) is 2. The molecule has 5 rings (SSSR count). The van der Waals surface area contributed by atoms with Crippen molar-refractivity contribution in [1.29, 1.82) is 0 Å². The van der Waals surface area contributed by atoms with Crippen LogP contribution >= 0.6 is 11.6 Å².